The van der Waals surface area contributed by atoms with Crippen molar-refractivity contribution in [1.29, 1.82) is 0 Å². The largest absolute Gasteiger partial charge is 0.294 e. The Kier molecular flexibility index (Phi) is 3.42. The average Bonchev–Trinajstić information content (AvgIpc) is 2.68. The first-order valence-electron chi connectivity index (χ1n) is 4.98. The van der Waals surface area contributed by atoms with Crippen molar-refractivity contribution in [3.8, 4) is 0 Å². The SMILES string of the molecule is Cc1sccc1C(=O)Cc1ccc(Cl)cc1. The molecule has 82 valence electrons. The maximum Gasteiger partial charge on any atom is 0.168 e. The molecule has 16 heavy (non-hydrogen) atoms. The molecular weight excluding hydrogens is 240 g/mol. The van der Waals surface area contributed by atoms with E-state index in [2.05, 4.69) is 0 Å². The van der Waals surface area contributed by atoms with E-state index in [1.165, 1.54) is 0 Å². The summed E-state index contributed by atoms with van der Waals surface area (Å²) < 4.78 is 0. The highest BCUT2D eigenvalue weighted by molar-refractivity contribution is 7.10. The fourth-order valence-corrected chi connectivity index (χ4v) is 2.40. The van der Waals surface area contributed by atoms with Crippen LogP contribution >= 0.6 is 22.9 Å². The summed E-state index contributed by atoms with van der Waals surface area (Å²) in [6.45, 7) is 1.97. The van der Waals surface area contributed by atoms with Gasteiger partial charge in [0.15, 0.2) is 5.78 Å². The Morgan fingerprint density at radius 2 is 1.94 bits per heavy atom. The van der Waals surface area contributed by atoms with Gasteiger partial charge in [0.25, 0.3) is 0 Å². The Bertz CT molecular complexity index is 499. The molecule has 1 aromatic heterocycles. The average molecular weight is 251 g/mol. The Balaban J connectivity index is 2.14. The van der Waals surface area contributed by atoms with Gasteiger partial charge >= 0.3 is 0 Å². The Labute approximate surface area is 104 Å². The first kappa shape index (κ1) is 11.4. The van der Waals surface area contributed by atoms with Crippen LogP contribution in [-0.2, 0) is 6.42 Å². The molecule has 0 aliphatic rings. The van der Waals surface area contributed by atoms with Gasteiger partial charge in [0.2, 0.25) is 0 Å². The number of rotatable bonds is 3. The zero-order chi connectivity index (χ0) is 11.5. The minimum Gasteiger partial charge on any atom is -0.294 e. The summed E-state index contributed by atoms with van der Waals surface area (Å²) in [6, 6.07) is 9.29. The predicted molar refractivity (Wildman–Crippen MR) is 68.5 cm³/mol. The topological polar surface area (TPSA) is 17.1 Å². The Morgan fingerprint density at radius 1 is 1.25 bits per heavy atom. The van der Waals surface area contributed by atoms with Crippen LogP contribution in [0.4, 0.5) is 0 Å². The molecule has 0 N–H and O–H groups in total. The van der Waals surface area contributed by atoms with Crippen LogP contribution in [0.2, 0.25) is 5.02 Å². The van der Waals surface area contributed by atoms with Crippen molar-refractivity contribution in [3.05, 3.63) is 56.7 Å². The molecule has 0 fully saturated rings. The van der Waals surface area contributed by atoms with E-state index in [9.17, 15) is 4.79 Å². The molecule has 0 bridgehead atoms. The zero-order valence-electron chi connectivity index (χ0n) is 8.87. The van der Waals surface area contributed by atoms with E-state index in [1.807, 2.05) is 42.6 Å². The maximum atomic E-state index is 12.0. The van der Waals surface area contributed by atoms with Crippen LogP contribution in [0.1, 0.15) is 20.8 Å². The van der Waals surface area contributed by atoms with Gasteiger partial charge in [-0.1, -0.05) is 23.7 Å². The molecule has 2 rings (SSSR count). The summed E-state index contributed by atoms with van der Waals surface area (Å²) in [5, 5.41) is 2.65. The van der Waals surface area contributed by atoms with Crippen LogP contribution in [0.3, 0.4) is 0 Å². The smallest absolute Gasteiger partial charge is 0.168 e. The van der Waals surface area contributed by atoms with Crippen LogP contribution in [0, 0.1) is 6.92 Å². The molecule has 0 atom stereocenters. The molecule has 2 aromatic rings. The molecule has 0 radical (unpaired) electrons. The standard InChI is InChI=1S/C13H11ClOS/c1-9-12(6-7-16-9)13(15)8-10-2-4-11(14)5-3-10/h2-7H,8H2,1H3. The summed E-state index contributed by atoms with van der Waals surface area (Å²) in [5.74, 6) is 0.168. The summed E-state index contributed by atoms with van der Waals surface area (Å²) in [7, 11) is 0. The van der Waals surface area contributed by atoms with Crippen LogP contribution in [0.5, 0.6) is 0 Å². The molecule has 3 heteroatoms. The monoisotopic (exact) mass is 250 g/mol. The van der Waals surface area contributed by atoms with Gasteiger partial charge in [-0.2, -0.15) is 0 Å². The molecule has 0 unspecified atom stereocenters. The highest BCUT2D eigenvalue weighted by Gasteiger charge is 2.10. The van der Waals surface area contributed by atoms with E-state index in [-0.39, 0.29) is 5.78 Å². The lowest BCUT2D eigenvalue weighted by atomic mass is 10.0. The minimum absolute atomic E-state index is 0.168. The normalized spacial score (nSPS) is 10.4. The number of aryl methyl sites for hydroxylation is 1. The summed E-state index contributed by atoms with van der Waals surface area (Å²) >= 11 is 7.39. The van der Waals surface area contributed by atoms with Crippen molar-refractivity contribution in [2.24, 2.45) is 0 Å². The molecule has 0 spiro atoms. The van der Waals surface area contributed by atoms with Gasteiger partial charge in [-0.3, -0.25) is 4.79 Å². The van der Waals surface area contributed by atoms with E-state index in [0.29, 0.717) is 11.4 Å². The number of ketones is 1. The van der Waals surface area contributed by atoms with Crippen LogP contribution < -0.4 is 0 Å². The van der Waals surface area contributed by atoms with Gasteiger partial charge in [0.05, 0.1) is 0 Å². The van der Waals surface area contributed by atoms with Gasteiger partial charge in [-0.05, 0) is 36.1 Å². The number of benzene rings is 1. The number of carbonyl (C=O) groups excluding carboxylic acids is 1. The van der Waals surface area contributed by atoms with Crippen LogP contribution in [0.15, 0.2) is 35.7 Å². The van der Waals surface area contributed by atoms with Gasteiger partial charge in [0.1, 0.15) is 0 Å². The van der Waals surface area contributed by atoms with Crippen molar-refractivity contribution in [2.75, 3.05) is 0 Å². The van der Waals surface area contributed by atoms with Gasteiger partial charge in [-0.15, -0.1) is 11.3 Å². The van der Waals surface area contributed by atoms with Gasteiger partial charge < -0.3 is 0 Å². The lowest BCUT2D eigenvalue weighted by molar-refractivity contribution is 0.0993. The van der Waals surface area contributed by atoms with Crippen molar-refractivity contribution in [2.45, 2.75) is 13.3 Å². The maximum absolute atomic E-state index is 12.0. The molecule has 0 saturated heterocycles. The van der Waals surface area contributed by atoms with Gasteiger partial charge in [0, 0.05) is 21.9 Å². The fourth-order valence-electron chi connectivity index (χ4n) is 1.56. The highest BCUT2D eigenvalue weighted by atomic mass is 35.5. The number of carbonyl (C=O) groups is 1. The first-order chi connectivity index (χ1) is 7.66. The minimum atomic E-state index is 0.168. The Morgan fingerprint density at radius 3 is 2.50 bits per heavy atom. The molecule has 1 aromatic carbocycles. The Hall–Kier alpha value is -1.12. The quantitative estimate of drug-likeness (QED) is 0.749. The third kappa shape index (κ3) is 2.52. The molecule has 0 amide bonds. The third-order valence-corrected chi connectivity index (χ3v) is 3.53. The number of hydrogen-bond donors (Lipinski definition) is 0. The molecule has 1 heterocycles. The number of hydrogen-bond acceptors (Lipinski definition) is 2. The van der Waals surface area contributed by atoms with E-state index in [0.717, 1.165) is 16.0 Å². The molecule has 0 saturated carbocycles. The van der Waals surface area contributed by atoms with E-state index in [4.69, 9.17) is 11.6 Å². The number of halogens is 1. The van der Waals surface area contributed by atoms with Crippen molar-refractivity contribution in [3.63, 3.8) is 0 Å². The van der Waals surface area contributed by atoms with Crippen LogP contribution in [-0.4, -0.2) is 5.78 Å². The lowest BCUT2D eigenvalue weighted by Crippen LogP contribution is -2.03. The van der Waals surface area contributed by atoms with Gasteiger partial charge in [-0.25, -0.2) is 0 Å². The van der Waals surface area contributed by atoms with Crippen LogP contribution in [0.25, 0.3) is 0 Å². The second kappa shape index (κ2) is 4.81. The van der Waals surface area contributed by atoms with E-state index in [1.54, 1.807) is 11.3 Å². The first-order valence-corrected chi connectivity index (χ1v) is 6.24. The number of thiophene rings is 1. The number of Topliss-reactive ketones (excluding diaryl/α,β-unsaturated/α-hetero) is 1. The third-order valence-electron chi connectivity index (χ3n) is 2.44. The highest BCUT2D eigenvalue weighted by Crippen LogP contribution is 2.18. The molecule has 0 aliphatic carbocycles. The van der Waals surface area contributed by atoms with Crippen molar-refractivity contribution >= 4 is 28.7 Å². The molecule has 0 aliphatic heterocycles. The summed E-state index contributed by atoms with van der Waals surface area (Å²) in [6.07, 6.45) is 0.439. The summed E-state index contributed by atoms with van der Waals surface area (Å²) in [5.41, 5.74) is 1.83. The van der Waals surface area contributed by atoms with E-state index >= 15 is 0 Å². The molecular formula is C13H11ClOS. The second-order valence-corrected chi connectivity index (χ2v) is 5.17. The second-order valence-electron chi connectivity index (χ2n) is 3.62. The summed E-state index contributed by atoms with van der Waals surface area (Å²) in [4.78, 5) is 13.0. The lowest BCUT2D eigenvalue weighted by Gasteiger charge is -2.01. The van der Waals surface area contributed by atoms with E-state index < -0.39 is 0 Å². The fraction of sp³-hybridized carbons (Fsp3) is 0.154. The zero-order valence-corrected chi connectivity index (χ0v) is 10.4. The predicted octanol–water partition coefficient (Wildman–Crippen LogP) is 4.14. The molecule has 1 nitrogen and oxygen atoms in total. The van der Waals surface area contributed by atoms with Crippen molar-refractivity contribution < 1.29 is 4.79 Å². The van der Waals surface area contributed by atoms with Crippen molar-refractivity contribution in [1.82, 2.24) is 0 Å².